The Hall–Kier alpha value is -3.39. The molecule has 0 radical (unpaired) electrons. The van der Waals surface area contributed by atoms with Crippen LogP contribution in [0.5, 0.6) is 0 Å². The van der Waals surface area contributed by atoms with E-state index < -0.39 is 29.6 Å². The molecule has 1 saturated carbocycles. The van der Waals surface area contributed by atoms with Gasteiger partial charge in [0, 0.05) is 5.92 Å². The summed E-state index contributed by atoms with van der Waals surface area (Å²) in [7, 11) is 0. The first-order valence-corrected chi connectivity index (χ1v) is 11.6. The molecule has 2 aromatic carbocycles. The monoisotopic (exact) mass is 466 g/mol. The normalized spacial score (nSPS) is 22.2. The van der Waals surface area contributed by atoms with Crippen LogP contribution in [0.25, 0.3) is 11.1 Å². The summed E-state index contributed by atoms with van der Waals surface area (Å²) in [5, 5.41) is 11.8. The number of hydrogen-bond acceptors (Lipinski definition) is 5. The van der Waals surface area contributed by atoms with Gasteiger partial charge in [-0.15, -0.1) is 0 Å². The van der Waals surface area contributed by atoms with E-state index in [1.54, 1.807) is 0 Å². The summed E-state index contributed by atoms with van der Waals surface area (Å²) in [4.78, 5) is 41.9. The second-order valence-corrected chi connectivity index (χ2v) is 9.26. The number of carboxylic acid groups (broad SMARTS) is 1. The van der Waals surface area contributed by atoms with Gasteiger partial charge in [0.2, 0.25) is 0 Å². The van der Waals surface area contributed by atoms with Crippen molar-refractivity contribution in [1.82, 2.24) is 10.8 Å². The number of ether oxygens (including phenoxy) is 1. The molecule has 180 valence electrons. The van der Waals surface area contributed by atoms with Gasteiger partial charge in [-0.3, -0.25) is 9.63 Å². The molecular weight excluding hydrogens is 436 g/mol. The molecule has 3 N–H and O–H groups in total. The van der Waals surface area contributed by atoms with Gasteiger partial charge in [0.1, 0.15) is 12.1 Å². The van der Waals surface area contributed by atoms with Crippen molar-refractivity contribution in [2.24, 2.45) is 5.92 Å². The minimum atomic E-state index is -1.22. The van der Waals surface area contributed by atoms with Crippen molar-refractivity contribution in [2.45, 2.75) is 57.1 Å². The first-order chi connectivity index (χ1) is 16.3. The average Bonchev–Trinajstić information content (AvgIpc) is 3.14. The highest BCUT2D eigenvalue weighted by Gasteiger charge is 2.44. The summed E-state index contributed by atoms with van der Waals surface area (Å²) in [5.41, 5.74) is 5.48. The lowest BCUT2D eigenvalue weighted by molar-refractivity contribution is -0.162. The zero-order valence-corrected chi connectivity index (χ0v) is 19.4. The van der Waals surface area contributed by atoms with E-state index in [4.69, 9.17) is 14.7 Å². The van der Waals surface area contributed by atoms with Crippen LogP contribution in [0.4, 0.5) is 4.79 Å². The van der Waals surface area contributed by atoms with Gasteiger partial charge in [0.15, 0.2) is 6.10 Å². The van der Waals surface area contributed by atoms with E-state index in [1.165, 1.54) is 6.92 Å². The van der Waals surface area contributed by atoms with Gasteiger partial charge < -0.3 is 15.2 Å². The molecule has 2 amide bonds. The first kappa shape index (κ1) is 23.8. The van der Waals surface area contributed by atoms with Crippen molar-refractivity contribution < 1.29 is 29.1 Å². The van der Waals surface area contributed by atoms with Gasteiger partial charge in [-0.2, -0.15) is 0 Å². The maximum Gasteiger partial charge on any atom is 0.408 e. The Morgan fingerprint density at radius 2 is 1.71 bits per heavy atom. The van der Waals surface area contributed by atoms with E-state index >= 15 is 0 Å². The van der Waals surface area contributed by atoms with E-state index in [2.05, 4.69) is 22.9 Å². The number of hydrogen-bond donors (Lipinski definition) is 3. The van der Waals surface area contributed by atoms with Crippen LogP contribution in [0.3, 0.4) is 0 Å². The molecule has 0 bridgehead atoms. The molecule has 4 rings (SSSR count). The summed E-state index contributed by atoms with van der Waals surface area (Å²) >= 11 is 0. The Balaban J connectivity index is 1.45. The van der Waals surface area contributed by atoms with Crippen molar-refractivity contribution in [3.05, 3.63) is 59.7 Å². The average molecular weight is 467 g/mol. The van der Waals surface area contributed by atoms with Gasteiger partial charge in [0.05, 0.1) is 0 Å². The lowest BCUT2D eigenvalue weighted by atomic mass is 9.76. The second-order valence-electron chi connectivity index (χ2n) is 9.26. The van der Waals surface area contributed by atoms with Gasteiger partial charge in [0.25, 0.3) is 5.91 Å². The SMILES string of the molecule is CC1CCCC(NC(=O)OCC2c3ccccc3-c3ccccc32)(C(=O)NOC(C)C(=O)O)C1. The van der Waals surface area contributed by atoms with Gasteiger partial charge in [-0.25, -0.2) is 15.1 Å². The summed E-state index contributed by atoms with van der Waals surface area (Å²) in [6.07, 6.45) is 0.612. The van der Waals surface area contributed by atoms with Crippen LogP contribution in [-0.4, -0.2) is 41.3 Å². The van der Waals surface area contributed by atoms with Crippen LogP contribution in [0.1, 0.15) is 56.6 Å². The maximum absolute atomic E-state index is 13.0. The number of alkyl carbamates (subject to hydrolysis) is 1. The lowest BCUT2D eigenvalue weighted by Crippen LogP contribution is -2.61. The molecule has 2 aliphatic rings. The molecule has 0 aliphatic heterocycles. The first-order valence-electron chi connectivity index (χ1n) is 11.6. The molecule has 34 heavy (non-hydrogen) atoms. The molecule has 3 atom stereocenters. The molecule has 0 spiro atoms. The van der Waals surface area contributed by atoms with Crippen LogP contribution in [-0.2, 0) is 19.2 Å². The fraction of sp³-hybridized carbons (Fsp3) is 0.423. The predicted molar refractivity (Wildman–Crippen MR) is 125 cm³/mol. The summed E-state index contributed by atoms with van der Waals surface area (Å²) in [6, 6.07) is 16.1. The molecule has 8 heteroatoms. The van der Waals surface area contributed by atoms with E-state index in [0.29, 0.717) is 12.8 Å². The number of amides is 2. The Kier molecular flexibility index (Phi) is 6.88. The third-order valence-electron chi connectivity index (χ3n) is 6.79. The zero-order valence-electron chi connectivity index (χ0n) is 19.4. The third-order valence-corrected chi connectivity index (χ3v) is 6.79. The minimum Gasteiger partial charge on any atom is -0.479 e. The molecule has 2 aromatic rings. The van der Waals surface area contributed by atoms with Gasteiger partial charge in [-0.1, -0.05) is 68.3 Å². The number of hydroxylamine groups is 1. The molecule has 8 nitrogen and oxygen atoms in total. The molecule has 2 aliphatic carbocycles. The molecular formula is C26H30N2O6. The van der Waals surface area contributed by atoms with Crippen molar-refractivity contribution in [3.8, 4) is 11.1 Å². The van der Waals surface area contributed by atoms with Crippen molar-refractivity contribution in [3.63, 3.8) is 0 Å². The van der Waals surface area contributed by atoms with E-state index in [1.807, 2.05) is 43.3 Å². The lowest BCUT2D eigenvalue weighted by Gasteiger charge is -2.38. The van der Waals surface area contributed by atoms with Crippen molar-refractivity contribution in [1.29, 1.82) is 0 Å². The fourth-order valence-corrected chi connectivity index (χ4v) is 5.05. The highest BCUT2D eigenvalue weighted by atomic mass is 16.7. The van der Waals surface area contributed by atoms with Crippen LogP contribution in [0, 0.1) is 5.92 Å². The zero-order chi connectivity index (χ0) is 24.3. The highest BCUT2D eigenvalue weighted by Crippen LogP contribution is 2.44. The topological polar surface area (TPSA) is 114 Å². The highest BCUT2D eigenvalue weighted by molar-refractivity contribution is 5.89. The summed E-state index contributed by atoms with van der Waals surface area (Å²) < 4.78 is 5.65. The summed E-state index contributed by atoms with van der Waals surface area (Å²) in [5.74, 6) is -1.66. The van der Waals surface area contributed by atoms with Gasteiger partial charge >= 0.3 is 12.1 Å². The van der Waals surface area contributed by atoms with Crippen LogP contribution in [0.15, 0.2) is 48.5 Å². The number of aliphatic carboxylic acids is 1. The Labute approximate surface area is 198 Å². The third kappa shape index (κ3) is 4.77. The Morgan fingerprint density at radius 3 is 2.29 bits per heavy atom. The molecule has 0 saturated heterocycles. The Bertz CT molecular complexity index is 1040. The fourth-order valence-electron chi connectivity index (χ4n) is 5.05. The number of rotatable bonds is 7. The van der Waals surface area contributed by atoms with E-state index in [0.717, 1.165) is 35.1 Å². The van der Waals surface area contributed by atoms with Crippen LogP contribution in [0.2, 0.25) is 0 Å². The number of carbonyl (C=O) groups is 3. The number of benzene rings is 2. The van der Waals surface area contributed by atoms with E-state index in [-0.39, 0.29) is 18.4 Å². The number of fused-ring (bicyclic) bond motifs is 3. The maximum atomic E-state index is 13.0. The van der Waals surface area contributed by atoms with Crippen molar-refractivity contribution >= 4 is 18.0 Å². The second kappa shape index (κ2) is 9.85. The molecule has 0 aromatic heterocycles. The van der Waals surface area contributed by atoms with Gasteiger partial charge in [-0.05, 0) is 47.9 Å². The van der Waals surface area contributed by atoms with Crippen LogP contribution >= 0.6 is 0 Å². The Morgan fingerprint density at radius 1 is 1.09 bits per heavy atom. The van der Waals surface area contributed by atoms with E-state index in [9.17, 15) is 14.4 Å². The standard InChI is InChI=1S/C26H30N2O6/c1-16-8-7-13-26(14-16,24(31)28-34-17(2)23(29)30)27-25(32)33-15-22-20-11-5-3-9-18(20)19-10-4-6-12-21(19)22/h3-6,9-12,16-17,22H,7-8,13-15H2,1-2H3,(H,27,32)(H,28,31)(H,29,30). The smallest absolute Gasteiger partial charge is 0.408 e. The molecule has 3 unspecified atom stereocenters. The number of carbonyl (C=O) groups excluding carboxylic acids is 2. The van der Waals surface area contributed by atoms with Crippen molar-refractivity contribution in [2.75, 3.05) is 6.61 Å². The predicted octanol–water partition coefficient (Wildman–Crippen LogP) is 3.99. The molecule has 1 fully saturated rings. The number of nitrogens with one attached hydrogen (secondary N) is 2. The van der Waals surface area contributed by atoms with Crippen LogP contribution < -0.4 is 10.8 Å². The molecule has 0 heterocycles. The quantitative estimate of drug-likeness (QED) is 0.532. The largest absolute Gasteiger partial charge is 0.479 e. The summed E-state index contributed by atoms with van der Waals surface area (Å²) in [6.45, 7) is 3.47. The minimum absolute atomic E-state index is 0.0899. The number of carboxylic acids is 1.